The van der Waals surface area contributed by atoms with Gasteiger partial charge in [-0.25, -0.2) is 4.79 Å². The van der Waals surface area contributed by atoms with Crippen molar-refractivity contribution in [3.05, 3.63) is 11.6 Å². The molecule has 38 heteroatoms. The monoisotopic (exact) mass is 1610 g/mol. The van der Waals surface area contributed by atoms with Crippen molar-refractivity contribution >= 4 is 11.9 Å². The Morgan fingerprint density at radius 3 is 1.46 bits per heavy atom. The molecule has 5 aliphatic carbocycles. The Kier molecular flexibility index (Phi) is 25.7. The number of ether oxygens (including phenoxy) is 17. The van der Waals surface area contributed by atoms with Crippen molar-refractivity contribution in [2.75, 3.05) is 40.1 Å². The van der Waals surface area contributed by atoms with Crippen molar-refractivity contribution in [2.24, 2.45) is 50.2 Å². The van der Waals surface area contributed by atoms with Crippen LogP contribution < -0.4 is 0 Å². The van der Waals surface area contributed by atoms with Crippen LogP contribution in [0, 0.1) is 50.2 Å². The first-order valence-corrected chi connectivity index (χ1v) is 39.1. The van der Waals surface area contributed by atoms with Crippen LogP contribution in [0.1, 0.15) is 120 Å². The lowest BCUT2D eigenvalue weighted by Gasteiger charge is -2.71. The van der Waals surface area contributed by atoms with E-state index in [4.69, 9.17) is 80.5 Å². The summed E-state index contributed by atoms with van der Waals surface area (Å²) in [7, 11) is 1.09. The fourth-order valence-corrected chi connectivity index (χ4v) is 21.2. The summed E-state index contributed by atoms with van der Waals surface area (Å²) in [5.41, 5.74) is -3.61. The number of hydrogen-bond donors (Lipinski definition) is 19. The maximum absolute atomic E-state index is 16.3. The summed E-state index contributed by atoms with van der Waals surface area (Å²) in [6, 6.07) is 0. The summed E-state index contributed by atoms with van der Waals surface area (Å²) in [6.45, 7) is 14.9. The molecule has 0 aromatic carbocycles. The standard InChI is InChI=1S/C74H118O38/c1-26-39(81)43(85)47(89)64(102-26)107-54-34(79)25-101-67(58(54)111-65-51(93)56(52(27(2)103-65)105-60-44(86)40(82)30(75)21-97-60)109-63-49(91)53(33(78)24-100-63)106-61-45(87)41(83)31(76)22-98-61)112-68(95)74-18-17-69(3,4)19-29(74)28-11-12-36-71(7)15-14-38(70(5,6)35(71)13-16-72(36,8)73(28,9)20-37(74)80)104-66-50(92)55(48(90)57(110-66)59(94)96-10)108-62-46(88)42(84)32(77)23-99-62/h11,26-27,29-58,60-67,75-93H,12-25H2,1-10H3. The first-order chi connectivity index (χ1) is 52.5. The Morgan fingerprint density at radius 2 is 0.875 bits per heavy atom. The largest absolute Gasteiger partial charge is 0.467 e. The Hall–Kier alpha value is -2.68. The van der Waals surface area contributed by atoms with Gasteiger partial charge in [0.05, 0.1) is 64.6 Å². The third-order valence-corrected chi connectivity index (χ3v) is 28.0. The van der Waals surface area contributed by atoms with Gasteiger partial charge in [-0.3, -0.25) is 4.79 Å². The highest BCUT2D eigenvalue weighted by molar-refractivity contribution is 5.80. The second kappa shape index (κ2) is 33.0. The van der Waals surface area contributed by atoms with E-state index in [1.54, 1.807) is 0 Å². The number of methoxy groups -OCH3 is 1. The molecular formula is C74H118O38. The van der Waals surface area contributed by atoms with Crippen molar-refractivity contribution in [1.82, 2.24) is 0 Å². The molecule has 38 nitrogen and oxygen atoms in total. The van der Waals surface area contributed by atoms with Gasteiger partial charge in [-0.15, -0.1) is 0 Å². The minimum Gasteiger partial charge on any atom is -0.467 e. The summed E-state index contributed by atoms with van der Waals surface area (Å²) in [4.78, 5) is 29.5. The zero-order valence-corrected chi connectivity index (χ0v) is 64.3. The zero-order chi connectivity index (χ0) is 81.5. The van der Waals surface area contributed by atoms with E-state index in [9.17, 15) is 102 Å². The molecule has 642 valence electrons. The van der Waals surface area contributed by atoms with Crippen molar-refractivity contribution in [2.45, 2.75) is 347 Å². The van der Waals surface area contributed by atoms with Crippen molar-refractivity contribution in [3.63, 3.8) is 0 Å². The molecule has 13 aliphatic rings. The summed E-state index contributed by atoms with van der Waals surface area (Å²) in [5.74, 6) is -2.74. The summed E-state index contributed by atoms with van der Waals surface area (Å²) >= 11 is 0. The van der Waals surface area contributed by atoms with Crippen LogP contribution >= 0.6 is 0 Å². The predicted octanol–water partition coefficient (Wildman–Crippen LogP) is -6.34. The predicted molar refractivity (Wildman–Crippen MR) is 367 cm³/mol. The molecule has 44 atom stereocenters. The normalized spacial score (nSPS) is 54.3. The molecular weight excluding hydrogens is 1500 g/mol. The number of allylic oxidation sites excluding steroid dienone is 2. The number of carbonyl (C=O) groups excluding carboxylic acids is 2. The van der Waals surface area contributed by atoms with Crippen molar-refractivity contribution < 1.29 is 187 Å². The van der Waals surface area contributed by atoms with Crippen LogP contribution in [0.25, 0.3) is 0 Å². The molecule has 4 saturated carbocycles. The van der Waals surface area contributed by atoms with Gasteiger partial charge in [0.15, 0.2) is 56.2 Å². The van der Waals surface area contributed by atoms with Gasteiger partial charge in [0.2, 0.25) is 6.29 Å². The molecule has 0 spiro atoms. The Bertz CT molecular complexity index is 3270. The van der Waals surface area contributed by atoms with Gasteiger partial charge in [0.25, 0.3) is 0 Å². The number of aliphatic hydroxyl groups is 19. The summed E-state index contributed by atoms with van der Waals surface area (Å²) in [5, 5.41) is 213. The van der Waals surface area contributed by atoms with Crippen LogP contribution in [0.3, 0.4) is 0 Å². The number of fused-ring (bicyclic) bond motifs is 7. The highest BCUT2D eigenvalue weighted by atomic mass is 16.8. The zero-order valence-electron chi connectivity index (χ0n) is 64.3. The molecule has 0 radical (unpaired) electrons. The third kappa shape index (κ3) is 15.3. The lowest BCUT2D eigenvalue weighted by atomic mass is 9.33. The lowest BCUT2D eigenvalue weighted by molar-refractivity contribution is -0.399. The van der Waals surface area contributed by atoms with Gasteiger partial charge in [0, 0.05) is 0 Å². The Balaban J connectivity index is 0.784. The number of aliphatic hydroxyl groups excluding tert-OH is 19. The van der Waals surface area contributed by atoms with Gasteiger partial charge in [0.1, 0.15) is 146 Å². The Labute approximate surface area is 646 Å². The number of hydrogen-bond acceptors (Lipinski definition) is 38. The number of rotatable bonds is 17. The average Bonchev–Trinajstić information content (AvgIpc) is 0.670. The fraction of sp³-hybridized carbons (Fsp3) is 0.946. The lowest BCUT2D eigenvalue weighted by Crippen LogP contribution is -2.69. The SMILES string of the molecule is COC(=O)C1OC(OC2CCC3(C)C(CCC4(C)C3CC=C3C5CC(C)(C)CCC5(C(=O)OC5OCC(O)C(OC6OC(C)C(O)C(O)C6O)C5OC5OC(C)C(OC6OCC(O)C(O)C6O)C(OC6OCC(O)C(OC7OCC(O)C(O)C7O)C6O)C5O)C(O)CC34C)C2(C)C)C(O)C(OC2OCC(O)C(O)C2O)C1O. The second-order valence-electron chi connectivity index (χ2n) is 35.6. The smallest absolute Gasteiger partial charge is 0.337 e. The van der Waals surface area contributed by atoms with Gasteiger partial charge in [-0.1, -0.05) is 60.1 Å². The topological polar surface area (TPSA) is 575 Å². The van der Waals surface area contributed by atoms with Crippen LogP contribution in [0.5, 0.6) is 0 Å². The molecule has 19 N–H and O–H groups in total. The molecule has 8 saturated heterocycles. The van der Waals surface area contributed by atoms with E-state index in [1.165, 1.54) is 13.8 Å². The second-order valence-corrected chi connectivity index (χ2v) is 35.6. The van der Waals surface area contributed by atoms with Crippen molar-refractivity contribution in [3.8, 4) is 0 Å². The highest BCUT2D eigenvalue weighted by Crippen LogP contribution is 2.76. The molecule has 0 amide bonds. The first-order valence-electron chi connectivity index (χ1n) is 39.1. The Morgan fingerprint density at radius 1 is 0.411 bits per heavy atom. The van der Waals surface area contributed by atoms with E-state index >= 15 is 4.79 Å². The average molecular weight is 1620 g/mol. The minimum atomic E-state index is -2.21. The van der Waals surface area contributed by atoms with E-state index < -0.39 is 311 Å². The summed E-state index contributed by atoms with van der Waals surface area (Å²) in [6.07, 6.45) is -58.2. The molecule has 8 aliphatic heterocycles. The van der Waals surface area contributed by atoms with Crippen LogP contribution in [-0.2, 0) is 90.1 Å². The molecule has 12 fully saturated rings. The van der Waals surface area contributed by atoms with E-state index in [-0.39, 0.29) is 24.7 Å². The van der Waals surface area contributed by atoms with Crippen LogP contribution in [0.2, 0.25) is 0 Å². The minimum absolute atomic E-state index is 0.0419. The van der Waals surface area contributed by atoms with E-state index in [0.717, 1.165) is 12.7 Å². The van der Waals surface area contributed by atoms with Gasteiger partial charge < -0.3 is 178 Å². The van der Waals surface area contributed by atoms with Gasteiger partial charge >= 0.3 is 11.9 Å². The molecule has 0 aromatic rings. The third-order valence-electron chi connectivity index (χ3n) is 28.0. The summed E-state index contributed by atoms with van der Waals surface area (Å²) < 4.78 is 102. The molecule has 8 heterocycles. The highest BCUT2D eigenvalue weighted by Gasteiger charge is 2.73. The maximum Gasteiger partial charge on any atom is 0.337 e. The van der Waals surface area contributed by atoms with Crippen LogP contribution in [-0.4, -0.2) is 376 Å². The van der Waals surface area contributed by atoms with E-state index in [2.05, 4.69) is 54.5 Å². The van der Waals surface area contributed by atoms with Crippen LogP contribution in [0.4, 0.5) is 0 Å². The van der Waals surface area contributed by atoms with Gasteiger partial charge in [-0.2, -0.15) is 0 Å². The molecule has 0 aromatic heterocycles. The van der Waals surface area contributed by atoms with Crippen molar-refractivity contribution in [1.29, 1.82) is 0 Å². The quantitative estimate of drug-likeness (QED) is 0.0366. The molecule has 44 unspecified atom stereocenters. The fourth-order valence-electron chi connectivity index (χ4n) is 21.2. The maximum atomic E-state index is 16.3. The molecule has 0 bridgehead atoms. The molecule has 112 heavy (non-hydrogen) atoms. The molecule has 13 rings (SSSR count). The van der Waals surface area contributed by atoms with Gasteiger partial charge in [-0.05, 0) is 116 Å². The van der Waals surface area contributed by atoms with Crippen LogP contribution in [0.15, 0.2) is 11.6 Å². The first kappa shape index (κ1) is 87.1. The number of carbonyl (C=O) groups is 2. The van der Waals surface area contributed by atoms with E-state index in [1.807, 2.05) is 0 Å². The van der Waals surface area contributed by atoms with E-state index in [0.29, 0.717) is 44.9 Å². The number of esters is 2.